The minimum atomic E-state index is -1.09. The van der Waals surface area contributed by atoms with E-state index in [1.807, 2.05) is 0 Å². The number of benzene rings is 1. The fraction of sp³-hybridized carbons (Fsp3) is 0.756. The maximum atomic E-state index is 15.4. The Morgan fingerprint density at radius 3 is 2.38 bits per heavy atom. The van der Waals surface area contributed by atoms with Crippen LogP contribution in [0.4, 0.5) is 4.39 Å². The van der Waals surface area contributed by atoms with Crippen molar-refractivity contribution < 1.29 is 19.1 Å². The van der Waals surface area contributed by atoms with Gasteiger partial charge in [0.05, 0.1) is 5.56 Å². The van der Waals surface area contributed by atoms with E-state index in [2.05, 4.69) is 50.9 Å². The Morgan fingerprint density at radius 2 is 1.66 bits per heavy atom. The van der Waals surface area contributed by atoms with Crippen LogP contribution in [-0.2, 0) is 4.79 Å². The van der Waals surface area contributed by atoms with Gasteiger partial charge in [-0.1, -0.05) is 53.2 Å². The third-order valence-corrected chi connectivity index (χ3v) is 16.1. The highest BCUT2D eigenvalue weighted by atomic mass is 19.1. The monoisotopic (exact) mass is 646 g/mol. The van der Waals surface area contributed by atoms with Crippen LogP contribution in [0.3, 0.4) is 0 Å². The van der Waals surface area contributed by atoms with E-state index in [9.17, 15) is 14.7 Å². The van der Waals surface area contributed by atoms with Gasteiger partial charge in [-0.25, -0.2) is 9.18 Å². The fourth-order valence-electron chi connectivity index (χ4n) is 13.6. The summed E-state index contributed by atoms with van der Waals surface area (Å²) in [6.45, 7) is 16.3. The summed E-state index contributed by atoms with van der Waals surface area (Å²) in [4.78, 5) is 26.2. The van der Waals surface area contributed by atoms with Gasteiger partial charge in [0.1, 0.15) is 5.82 Å². The first kappa shape index (κ1) is 33.3. The van der Waals surface area contributed by atoms with Crippen molar-refractivity contribution in [1.29, 1.82) is 0 Å². The molecule has 1 amide bonds. The Kier molecular flexibility index (Phi) is 8.29. The Bertz CT molecular complexity index is 1450. The number of fused-ring (bicyclic) bond motifs is 7. The predicted octanol–water partition coefficient (Wildman–Crippen LogP) is 8.97. The molecule has 47 heavy (non-hydrogen) atoms. The number of likely N-dealkylation sites (tertiary alicyclic amines) is 1. The Labute approximate surface area is 282 Å². The van der Waals surface area contributed by atoms with Gasteiger partial charge < -0.3 is 15.3 Å². The largest absolute Gasteiger partial charge is 0.478 e. The predicted molar refractivity (Wildman–Crippen MR) is 185 cm³/mol. The van der Waals surface area contributed by atoms with Crippen LogP contribution in [0.2, 0.25) is 0 Å². The lowest BCUT2D eigenvalue weighted by atomic mass is 9.32. The molecule has 0 radical (unpaired) electrons. The first-order chi connectivity index (χ1) is 22.3. The molecule has 5 nitrogen and oxygen atoms in total. The second-order valence-electron chi connectivity index (χ2n) is 18.1. The van der Waals surface area contributed by atoms with Crippen molar-refractivity contribution in [3.8, 4) is 0 Å². The third kappa shape index (κ3) is 4.99. The van der Waals surface area contributed by atoms with E-state index in [1.165, 1.54) is 57.4 Å². The highest BCUT2D eigenvalue weighted by Gasteiger charge is 2.69. The molecular weight excluding hydrogens is 587 g/mol. The molecule has 8 atom stereocenters. The molecule has 5 aliphatic carbocycles. The molecule has 6 aliphatic rings. The number of allylic oxidation sites excluding steroid dienone is 2. The number of hydrogen-bond donors (Lipinski definition) is 2. The van der Waals surface area contributed by atoms with Crippen LogP contribution in [-0.4, -0.2) is 48.1 Å². The van der Waals surface area contributed by atoms with Crippen LogP contribution < -0.4 is 5.32 Å². The molecule has 0 bridgehead atoms. The number of carbonyl (C=O) groups is 2. The van der Waals surface area contributed by atoms with Gasteiger partial charge in [0, 0.05) is 38.2 Å². The average Bonchev–Trinajstić information content (AvgIpc) is 3.71. The summed E-state index contributed by atoms with van der Waals surface area (Å²) in [5, 5.41) is 13.2. The summed E-state index contributed by atoms with van der Waals surface area (Å²) in [6, 6.07) is 4.45. The van der Waals surface area contributed by atoms with E-state index in [4.69, 9.17) is 0 Å². The van der Waals surface area contributed by atoms with E-state index < -0.39 is 11.8 Å². The van der Waals surface area contributed by atoms with Crippen molar-refractivity contribution in [3.63, 3.8) is 0 Å². The molecule has 6 heteroatoms. The van der Waals surface area contributed by atoms with Gasteiger partial charge in [-0.2, -0.15) is 0 Å². The second-order valence-corrected chi connectivity index (χ2v) is 18.1. The van der Waals surface area contributed by atoms with Crippen LogP contribution in [0.5, 0.6) is 0 Å². The summed E-state index contributed by atoms with van der Waals surface area (Å²) < 4.78 is 15.4. The van der Waals surface area contributed by atoms with E-state index in [0.717, 1.165) is 69.3 Å². The number of halogens is 1. The molecule has 0 aromatic heterocycles. The number of nitrogens with zero attached hydrogens (tertiary/aromatic N) is 1. The van der Waals surface area contributed by atoms with Gasteiger partial charge >= 0.3 is 5.97 Å². The normalized spacial score (nSPS) is 40.6. The van der Waals surface area contributed by atoms with Crippen molar-refractivity contribution in [2.24, 2.45) is 50.7 Å². The zero-order chi connectivity index (χ0) is 33.4. The maximum absolute atomic E-state index is 15.4. The zero-order valence-corrected chi connectivity index (χ0v) is 29.7. The van der Waals surface area contributed by atoms with Crippen LogP contribution in [0, 0.1) is 56.6 Å². The number of carboxylic acid groups (broad SMARTS) is 1. The molecule has 1 aromatic rings. The van der Waals surface area contributed by atoms with Crippen molar-refractivity contribution in [3.05, 3.63) is 41.2 Å². The summed E-state index contributed by atoms with van der Waals surface area (Å²) >= 11 is 0. The highest BCUT2D eigenvalue weighted by molar-refractivity contribution is 5.88. The van der Waals surface area contributed by atoms with Gasteiger partial charge in [-0.05, 0) is 139 Å². The molecule has 4 saturated carbocycles. The number of amides is 1. The third-order valence-electron chi connectivity index (χ3n) is 16.1. The summed E-state index contributed by atoms with van der Waals surface area (Å²) in [5.74, 6) is 1.44. The number of rotatable bonds is 7. The molecule has 0 spiro atoms. The van der Waals surface area contributed by atoms with Crippen molar-refractivity contribution in [2.45, 2.75) is 118 Å². The van der Waals surface area contributed by atoms with Crippen molar-refractivity contribution >= 4 is 17.4 Å². The molecule has 1 aliphatic heterocycles. The molecular formula is C41H59FN2O3. The lowest BCUT2D eigenvalue weighted by Gasteiger charge is -2.72. The number of hydrogen-bond acceptors (Lipinski definition) is 3. The minimum absolute atomic E-state index is 0.00547. The van der Waals surface area contributed by atoms with Crippen LogP contribution in [0.1, 0.15) is 134 Å². The Balaban J connectivity index is 1.10. The number of carboxylic acids is 1. The van der Waals surface area contributed by atoms with E-state index >= 15 is 4.39 Å². The lowest BCUT2D eigenvalue weighted by molar-refractivity contribution is -0.222. The van der Waals surface area contributed by atoms with E-state index in [0.29, 0.717) is 40.6 Å². The standard InChI is InChI=1S/C41H59FN2O3/c1-37(2)29(28-11-10-27(36(46)47)25-32(28)42)14-18-38(3)33(37)15-19-40(5)34(38)13-12-30-31-9-8-17-41(31,21-20-39(30,40)4)26-43-22-16-35(45)44-23-6-7-24-44/h10-11,14,25,30-31,33-34,43H,6-9,12-13,15-24,26H2,1-5H3,(H,46,47)/t30-,31?,33?,34?,38+,39-,40-,41-/m1/s1. The summed E-state index contributed by atoms with van der Waals surface area (Å²) in [6.07, 6.45) is 17.9. The first-order valence-corrected chi connectivity index (χ1v) is 19.0. The lowest BCUT2D eigenvalue weighted by Crippen LogP contribution is -2.65. The number of aromatic carboxylic acids is 1. The van der Waals surface area contributed by atoms with Gasteiger partial charge in [-0.15, -0.1) is 0 Å². The van der Waals surface area contributed by atoms with Gasteiger partial charge in [0.2, 0.25) is 5.91 Å². The number of carbonyl (C=O) groups excluding carboxylic acids is 1. The summed E-state index contributed by atoms with van der Waals surface area (Å²) in [5.41, 5.74) is 2.57. The second kappa shape index (κ2) is 11.7. The Morgan fingerprint density at radius 1 is 0.894 bits per heavy atom. The molecule has 5 fully saturated rings. The van der Waals surface area contributed by atoms with E-state index in [-0.39, 0.29) is 21.8 Å². The fourth-order valence-corrected chi connectivity index (χ4v) is 13.6. The SMILES string of the molecule is CC1(C)C(c2ccc(C(=O)O)cc2F)=CC[C@@]2(C)C1CC[C@]1(C)C2CC[C@@H]2C3CCC[C@]3(CNCCC(=O)N3CCCC3)CC[C@]21C. The topological polar surface area (TPSA) is 69.6 Å². The molecule has 3 unspecified atom stereocenters. The smallest absolute Gasteiger partial charge is 0.335 e. The molecule has 1 heterocycles. The van der Waals surface area contributed by atoms with Crippen molar-refractivity contribution in [2.75, 3.05) is 26.2 Å². The molecule has 7 rings (SSSR count). The van der Waals surface area contributed by atoms with Crippen LogP contribution >= 0.6 is 0 Å². The van der Waals surface area contributed by atoms with Gasteiger partial charge in [-0.3, -0.25) is 4.79 Å². The van der Waals surface area contributed by atoms with Gasteiger partial charge in [0.25, 0.3) is 0 Å². The molecule has 1 saturated heterocycles. The first-order valence-electron chi connectivity index (χ1n) is 19.0. The van der Waals surface area contributed by atoms with Crippen LogP contribution in [0.15, 0.2) is 24.3 Å². The van der Waals surface area contributed by atoms with Gasteiger partial charge in [0.15, 0.2) is 0 Å². The minimum Gasteiger partial charge on any atom is -0.478 e. The van der Waals surface area contributed by atoms with Crippen molar-refractivity contribution in [1.82, 2.24) is 10.2 Å². The molecule has 2 N–H and O–H groups in total. The Hall–Kier alpha value is -2.21. The van der Waals surface area contributed by atoms with Crippen LogP contribution in [0.25, 0.3) is 5.57 Å². The molecule has 1 aromatic carbocycles. The quantitative estimate of drug-likeness (QED) is 0.290. The average molecular weight is 647 g/mol. The maximum Gasteiger partial charge on any atom is 0.335 e. The molecule has 258 valence electrons. The number of nitrogens with one attached hydrogen (secondary N) is 1. The highest BCUT2D eigenvalue weighted by Crippen LogP contribution is 2.77. The summed E-state index contributed by atoms with van der Waals surface area (Å²) in [7, 11) is 0. The van der Waals surface area contributed by atoms with E-state index in [1.54, 1.807) is 12.1 Å². The zero-order valence-electron chi connectivity index (χ0n) is 29.7.